The molecule has 0 radical (unpaired) electrons. The van der Waals surface area contributed by atoms with Gasteiger partial charge in [-0.05, 0) is 95.4 Å². The number of hydrogen-bond acceptors (Lipinski definition) is 1. The lowest BCUT2D eigenvalue weighted by molar-refractivity contribution is 0.573. The van der Waals surface area contributed by atoms with Crippen molar-refractivity contribution in [3.63, 3.8) is 0 Å². The van der Waals surface area contributed by atoms with Gasteiger partial charge in [-0.2, -0.15) is 0 Å². The summed E-state index contributed by atoms with van der Waals surface area (Å²) in [5, 5.41) is 9.47. The monoisotopic (exact) mass is 603 g/mol. The van der Waals surface area contributed by atoms with Gasteiger partial charge in [0.15, 0.2) is 0 Å². The standard InChI is InChI=1S/C46H34O/c1-46(2,3)41-21-11-20-39-40-28-32(24-25-42(40)47-45(39)41)31-14-10-15-33(27-31)43-35-16-6-8-18-37(35)44(38-19-9-7-17-36(38)43)34-23-22-29-12-4-5-13-30(29)26-34/h4-28H,1-3H3/i4D. The van der Waals surface area contributed by atoms with Crippen LogP contribution in [0.5, 0.6) is 0 Å². The van der Waals surface area contributed by atoms with E-state index in [0.29, 0.717) is 6.04 Å². The van der Waals surface area contributed by atoms with Gasteiger partial charge < -0.3 is 4.42 Å². The normalized spacial score (nSPS) is 12.4. The molecule has 0 amide bonds. The summed E-state index contributed by atoms with van der Waals surface area (Å²) in [6, 6.07) is 52.7. The van der Waals surface area contributed by atoms with Crippen LogP contribution in [0.15, 0.2) is 156 Å². The van der Waals surface area contributed by atoms with E-state index in [-0.39, 0.29) is 5.41 Å². The van der Waals surface area contributed by atoms with Crippen LogP contribution in [-0.2, 0) is 5.41 Å². The van der Waals surface area contributed by atoms with Crippen LogP contribution in [-0.4, -0.2) is 0 Å². The molecule has 9 rings (SSSR count). The average Bonchev–Trinajstić information content (AvgIpc) is 3.48. The lowest BCUT2D eigenvalue weighted by atomic mass is 9.85. The Bertz CT molecular complexity index is 2670. The minimum Gasteiger partial charge on any atom is -0.456 e. The maximum absolute atomic E-state index is 8.07. The molecule has 1 nitrogen and oxygen atoms in total. The predicted octanol–water partition coefficient (Wildman–Crippen LogP) is 13.3. The van der Waals surface area contributed by atoms with Crippen LogP contribution in [0, 0.1) is 0 Å². The fraction of sp³-hybridized carbons (Fsp3) is 0.0870. The highest BCUT2D eigenvalue weighted by atomic mass is 16.3. The minimum absolute atomic E-state index is 0.00773. The van der Waals surface area contributed by atoms with Gasteiger partial charge in [0.05, 0.1) is 1.37 Å². The molecule has 1 heterocycles. The highest BCUT2D eigenvalue weighted by Crippen LogP contribution is 2.45. The summed E-state index contributed by atoms with van der Waals surface area (Å²) in [5.41, 5.74) is 10.3. The Hall–Kier alpha value is -5.66. The van der Waals surface area contributed by atoms with Crippen LogP contribution in [0.25, 0.3) is 87.6 Å². The van der Waals surface area contributed by atoms with E-state index in [1.807, 2.05) is 12.1 Å². The van der Waals surface area contributed by atoms with E-state index >= 15 is 0 Å². The van der Waals surface area contributed by atoms with E-state index in [1.54, 1.807) is 0 Å². The number of fused-ring (bicyclic) bond motifs is 6. The van der Waals surface area contributed by atoms with Gasteiger partial charge in [0.1, 0.15) is 11.2 Å². The van der Waals surface area contributed by atoms with Crippen LogP contribution in [0.3, 0.4) is 0 Å². The van der Waals surface area contributed by atoms with Gasteiger partial charge in [0, 0.05) is 16.3 Å². The summed E-state index contributed by atoms with van der Waals surface area (Å²) in [7, 11) is 0. The van der Waals surface area contributed by atoms with E-state index in [9.17, 15) is 0 Å². The Labute approximate surface area is 276 Å². The molecule has 1 aromatic heterocycles. The first-order chi connectivity index (χ1) is 23.3. The van der Waals surface area contributed by atoms with Crippen molar-refractivity contribution in [2.24, 2.45) is 0 Å². The molecule has 1 heteroatoms. The highest BCUT2D eigenvalue weighted by Gasteiger charge is 2.21. The van der Waals surface area contributed by atoms with Crippen molar-refractivity contribution in [2.45, 2.75) is 26.2 Å². The van der Waals surface area contributed by atoms with Gasteiger partial charge in [-0.1, -0.05) is 148 Å². The van der Waals surface area contributed by atoms with Crippen LogP contribution < -0.4 is 0 Å². The molecule has 47 heavy (non-hydrogen) atoms. The zero-order valence-corrected chi connectivity index (χ0v) is 26.8. The van der Waals surface area contributed by atoms with Crippen molar-refractivity contribution in [3.05, 3.63) is 157 Å². The number of furan rings is 1. The van der Waals surface area contributed by atoms with Gasteiger partial charge in [0.2, 0.25) is 0 Å². The summed E-state index contributed by atoms with van der Waals surface area (Å²) in [6.07, 6.45) is 0. The number of rotatable bonds is 3. The first-order valence-corrected chi connectivity index (χ1v) is 16.3. The Morgan fingerprint density at radius 1 is 0.447 bits per heavy atom. The first kappa shape index (κ1) is 26.5. The second kappa shape index (κ2) is 10.4. The molecule has 9 aromatic rings. The molecule has 0 aliphatic heterocycles. The topological polar surface area (TPSA) is 13.1 Å². The van der Waals surface area contributed by atoms with E-state index in [1.165, 1.54) is 60.5 Å². The predicted molar refractivity (Wildman–Crippen MR) is 201 cm³/mol. The summed E-state index contributed by atoms with van der Waals surface area (Å²) in [4.78, 5) is 0. The van der Waals surface area contributed by atoms with Gasteiger partial charge in [-0.3, -0.25) is 0 Å². The quantitative estimate of drug-likeness (QED) is 0.183. The van der Waals surface area contributed by atoms with Crippen LogP contribution in [0.4, 0.5) is 0 Å². The molecule has 0 fully saturated rings. The molecule has 0 aliphatic rings. The third-order valence-electron chi connectivity index (χ3n) is 9.69. The maximum Gasteiger partial charge on any atom is 0.139 e. The second-order valence-corrected chi connectivity index (χ2v) is 13.7. The molecular formula is C46H34O. The third-order valence-corrected chi connectivity index (χ3v) is 9.69. The van der Waals surface area contributed by atoms with Crippen LogP contribution in [0.1, 0.15) is 27.7 Å². The molecule has 0 spiro atoms. The SMILES string of the molecule is [2H]c1ccc2cc(-c3c4ccccc4c(-c4cccc(-c5ccc6oc7c(C(C)(C)C)cccc7c6c5)c4)c4ccccc34)ccc2c1. The van der Waals surface area contributed by atoms with E-state index in [4.69, 9.17) is 5.79 Å². The second-order valence-electron chi connectivity index (χ2n) is 13.7. The molecule has 0 saturated heterocycles. The zero-order valence-electron chi connectivity index (χ0n) is 27.8. The van der Waals surface area contributed by atoms with E-state index in [0.717, 1.165) is 32.7 Å². The van der Waals surface area contributed by atoms with Gasteiger partial charge >= 0.3 is 0 Å². The van der Waals surface area contributed by atoms with Crippen molar-refractivity contribution in [1.82, 2.24) is 0 Å². The Morgan fingerprint density at radius 3 is 1.74 bits per heavy atom. The summed E-state index contributed by atoms with van der Waals surface area (Å²) in [6.45, 7) is 6.71. The Morgan fingerprint density at radius 2 is 1.04 bits per heavy atom. The molecule has 0 N–H and O–H groups in total. The van der Waals surface area contributed by atoms with Crippen LogP contribution >= 0.6 is 0 Å². The fourth-order valence-electron chi connectivity index (χ4n) is 7.46. The zero-order chi connectivity index (χ0) is 32.6. The van der Waals surface area contributed by atoms with E-state index < -0.39 is 0 Å². The molecule has 0 atom stereocenters. The fourth-order valence-corrected chi connectivity index (χ4v) is 7.46. The largest absolute Gasteiger partial charge is 0.456 e. The van der Waals surface area contributed by atoms with Crippen LogP contribution in [0.2, 0.25) is 0 Å². The van der Waals surface area contributed by atoms with Crippen molar-refractivity contribution < 1.29 is 5.79 Å². The van der Waals surface area contributed by atoms with Crippen molar-refractivity contribution in [1.29, 1.82) is 0 Å². The number of para-hydroxylation sites is 1. The summed E-state index contributed by atoms with van der Waals surface area (Å²) in [5.74, 6) is 0. The molecule has 224 valence electrons. The number of hydrogen-bond donors (Lipinski definition) is 0. The van der Waals surface area contributed by atoms with Gasteiger partial charge in [-0.25, -0.2) is 0 Å². The van der Waals surface area contributed by atoms with Crippen molar-refractivity contribution in [3.8, 4) is 33.4 Å². The smallest absolute Gasteiger partial charge is 0.139 e. The first-order valence-electron chi connectivity index (χ1n) is 16.8. The molecule has 0 saturated carbocycles. The highest BCUT2D eigenvalue weighted by molar-refractivity contribution is 6.22. The van der Waals surface area contributed by atoms with Gasteiger partial charge in [-0.15, -0.1) is 0 Å². The number of benzene rings is 8. The average molecular weight is 604 g/mol. The van der Waals surface area contributed by atoms with Crippen molar-refractivity contribution >= 4 is 54.3 Å². The van der Waals surface area contributed by atoms with Gasteiger partial charge in [0.25, 0.3) is 0 Å². The minimum atomic E-state index is -0.00773. The lowest BCUT2D eigenvalue weighted by Gasteiger charge is -2.18. The molecular weight excluding hydrogens is 569 g/mol. The molecule has 0 unspecified atom stereocenters. The Kier molecular flexibility index (Phi) is 5.90. The third kappa shape index (κ3) is 4.46. The van der Waals surface area contributed by atoms with E-state index in [2.05, 4.69) is 154 Å². The molecule has 8 aromatic carbocycles. The molecule has 0 aliphatic carbocycles. The Balaban J connectivity index is 1.24. The lowest BCUT2D eigenvalue weighted by Crippen LogP contribution is -2.10. The summed E-state index contributed by atoms with van der Waals surface area (Å²) >= 11 is 0. The molecule has 0 bridgehead atoms. The maximum atomic E-state index is 8.07. The van der Waals surface area contributed by atoms with Crippen molar-refractivity contribution in [2.75, 3.05) is 0 Å². The summed E-state index contributed by atoms with van der Waals surface area (Å²) < 4.78 is 14.5.